The van der Waals surface area contributed by atoms with E-state index in [0.29, 0.717) is 5.56 Å². The fourth-order valence-corrected chi connectivity index (χ4v) is 3.12. The molecule has 0 fully saturated rings. The lowest BCUT2D eigenvalue weighted by molar-refractivity contribution is 0.0601. The van der Waals surface area contributed by atoms with Crippen molar-refractivity contribution in [3.05, 3.63) is 84.2 Å². The van der Waals surface area contributed by atoms with E-state index in [-0.39, 0.29) is 5.97 Å². The molecule has 0 amide bonds. The van der Waals surface area contributed by atoms with E-state index in [4.69, 9.17) is 4.74 Å². The zero-order valence-electron chi connectivity index (χ0n) is 17.7. The summed E-state index contributed by atoms with van der Waals surface area (Å²) in [5, 5.41) is 17.6. The van der Waals surface area contributed by atoms with Crippen LogP contribution in [0.1, 0.15) is 41.5 Å². The maximum atomic E-state index is 12.0. The second kappa shape index (κ2) is 11.4. The zero-order chi connectivity index (χ0) is 21.9. The molecule has 0 spiro atoms. The minimum absolute atomic E-state index is 0.324. The van der Waals surface area contributed by atoms with E-state index >= 15 is 0 Å². The van der Waals surface area contributed by atoms with Gasteiger partial charge in [0.15, 0.2) is 0 Å². The van der Waals surface area contributed by atoms with Crippen LogP contribution in [0, 0.1) is 0 Å². The number of hydrogen-bond acceptors (Lipinski definition) is 6. The number of nitrogens with one attached hydrogen (secondary N) is 1. The summed E-state index contributed by atoms with van der Waals surface area (Å²) < 4.78 is 6.97. The largest absolute Gasteiger partial charge is 0.465 e. The number of ether oxygens (including phenoxy) is 1. The highest BCUT2D eigenvalue weighted by Crippen LogP contribution is 2.25. The first-order valence-electron chi connectivity index (χ1n) is 10.2. The fraction of sp³-hybridized carbons (Fsp3) is 0.261. The topological polar surface area (TPSA) is 98.6 Å². The van der Waals surface area contributed by atoms with Crippen molar-refractivity contribution in [2.24, 2.45) is 0 Å². The summed E-state index contributed by atoms with van der Waals surface area (Å²) in [6.45, 7) is 2.91. The Morgan fingerprint density at radius 2 is 1.81 bits per heavy atom. The second-order valence-corrected chi connectivity index (χ2v) is 6.87. The van der Waals surface area contributed by atoms with E-state index in [9.17, 15) is 4.79 Å². The number of H-pyrrole nitrogens is 1. The summed E-state index contributed by atoms with van der Waals surface area (Å²) >= 11 is 0. The minimum Gasteiger partial charge on any atom is -0.465 e. The van der Waals surface area contributed by atoms with Gasteiger partial charge in [-0.1, -0.05) is 55.8 Å². The Hall–Kier alpha value is -3.81. The molecule has 1 N–H and O–H groups in total. The van der Waals surface area contributed by atoms with E-state index < -0.39 is 0 Å². The first kappa shape index (κ1) is 21.9. The Morgan fingerprint density at radius 3 is 2.45 bits per heavy atom. The molecule has 8 heteroatoms. The van der Waals surface area contributed by atoms with Gasteiger partial charge in [0.1, 0.15) is 12.2 Å². The molecule has 0 saturated heterocycles. The number of hydrogen-bond donors (Lipinski definition) is 1. The Kier molecular flexibility index (Phi) is 8.05. The molecule has 31 heavy (non-hydrogen) atoms. The molecule has 2 aromatic carbocycles. The van der Waals surface area contributed by atoms with E-state index in [1.165, 1.54) is 12.7 Å². The van der Waals surface area contributed by atoms with Crippen molar-refractivity contribution < 1.29 is 9.53 Å². The Labute approximate surface area is 181 Å². The average Bonchev–Trinajstić information content (AvgIpc) is 3.53. The van der Waals surface area contributed by atoms with Gasteiger partial charge in [-0.25, -0.2) is 4.79 Å². The molecule has 0 aliphatic heterocycles. The third kappa shape index (κ3) is 6.08. The Balaban J connectivity index is 0.000000478. The van der Waals surface area contributed by atoms with Crippen LogP contribution in [0.15, 0.2) is 67.3 Å². The molecule has 4 aromatic rings. The number of methoxy groups -OCH3 is 1. The number of carbonyl (C=O) groups is 1. The number of esters is 1. The normalized spacial score (nSPS) is 10.3. The summed E-state index contributed by atoms with van der Waals surface area (Å²) in [5.74, 6) is 0.696. The maximum absolute atomic E-state index is 12.0. The first-order chi connectivity index (χ1) is 15.2. The monoisotopic (exact) mass is 418 g/mol. The average molecular weight is 419 g/mol. The van der Waals surface area contributed by atoms with Gasteiger partial charge in [-0.3, -0.25) is 0 Å². The van der Waals surface area contributed by atoms with Crippen molar-refractivity contribution >= 4 is 5.97 Å². The van der Waals surface area contributed by atoms with Crippen LogP contribution in [0.5, 0.6) is 0 Å². The molecule has 2 heterocycles. The molecule has 8 nitrogen and oxygen atoms in total. The first-order valence-corrected chi connectivity index (χ1v) is 10.2. The van der Waals surface area contributed by atoms with Crippen LogP contribution in [0.3, 0.4) is 0 Å². The molecular formula is C23H26N6O2. The summed E-state index contributed by atoms with van der Waals surface area (Å²) in [6.07, 6.45) is 8.15. The van der Waals surface area contributed by atoms with Crippen LogP contribution in [0.2, 0.25) is 0 Å². The summed E-state index contributed by atoms with van der Waals surface area (Å²) in [5.41, 5.74) is 3.61. The summed E-state index contributed by atoms with van der Waals surface area (Å²) in [7, 11) is 1.40. The lowest BCUT2D eigenvalue weighted by atomic mass is 9.98. The third-order valence-corrected chi connectivity index (χ3v) is 4.73. The zero-order valence-corrected chi connectivity index (χ0v) is 17.7. The van der Waals surface area contributed by atoms with Crippen molar-refractivity contribution in [1.29, 1.82) is 0 Å². The predicted molar refractivity (Wildman–Crippen MR) is 117 cm³/mol. The number of aromatic amines is 1. The number of benzene rings is 2. The minimum atomic E-state index is -0.324. The van der Waals surface area contributed by atoms with Gasteiger partial charge in [-0.15, -0.1) is 10.2 Å². The van der Waals surface area contributed by atoms with Gasteiger partial charge in [-0.05, 0) is 29.2 Å². The van der Waals surface area contributed by atoms with Crippen molar-refractivity contribution in [3.8, 4) is 11.1 Å². The highest BCUT2D eigenvalue weighted by molar-refractivity contribution is 5.97. The van der Waals surface area contributed by atoms with Crippen molar-refractivity contribution in [2.75, 3.05) is 7.11 Å². The molecule has 0 aliphatic rings. The number of aromatic nitrogens is 6. The fourth-order valence-electron chi connectivity index (χ4n) is 3.12. The van der Waals surface area contributed by atoms with Gasteiger partial charge in [0.2, 0.25) is 0 Å². The van der Waals surface area contributed by atoms with Crippen molar-refractivity contribution in [3.63, 3.8) is 0 Å². The van der Waals surface area contributed by atoms with Crippen LogP contribution in [-0.4, -0.2) is 43.3 Å². The molecule has 0 saturated carbocycles. The number of rotatable bonds is 7. The van der Waals surface area contributed by atoms with Crippen LogP contribution in [0.4, 0.5) is 0 Å². The number of unbranched alkanes of at least 4 members (excludes halogenated alkanes) is 1. The quantitative estimate of drug-likeness (QED) is 0.457. The van der Waals surface area contributed by atoms with E-state index in [1.54, 1.807) is 24.8 Å². The lowest BCUT2D eigenvalue weighted by Gasteiger charge is -2.10. The van der Waals surface area contributed by atoms with Gasteiger partial charge in [0.25, 0.3) is 0 Å². The predicted octanol–water partition coefficient (Wildman–Crippen LogP) is 3.93. The van der Waals surface area contributed by atoms with Gasteiger partial charge >= 0.3 is 5.97 Å². The van der Waals surface area contributed by atoms with Gasteiger partial charge < -0.3 is 9.30 Å². The molecule has 0 unspecified atom stereocenters. The highest BCUT2D eigenvalue weighted by atomic mass is 16.5. The third-order valence-electron chi connectivity index (χ3n) is 4.73. The molecule has 0 bridgehead atoms. The van der Waals surface area contributed by atoms with Crippen LogP contribution in [-0.2, 0) is 17.7 Å². The van der Waals surface area contributed by atoms with Gasteiger partial charge in [0.05, 0.1) is 31.6 Å². The standard InChI is InChI=1S/C21H23N3O2.C2H3N3/c1-3-4-9-20-23-22-15-24(20)14-16-10-12-17(13-11-16)18-7-5-6-8-19(18)21(25)26-2;1-2-4-5-3-1/h5-8,10-13,15H,3-4,9,14H2,1-2H3;1-2H,(H,3,4,5). The van der Waals surface area contributed by atoms with Crippen molar-refractivity contribution in [2.45, 2.75) is 32.7 Å². The SMILES string of the molecule is CCCCc1nncn1Cc1ccc(-c2ccccc2C(=O)OC)cc1.c1cn[nH]n1. The number of carbonyl (C=O) groups excluding carboxylic acids is 1. The Morgan fingerprint density at radius 1 is 1.06 bits per heavy atom. The molecule has 4 rings (SSSR count). The summed E-state index contributed by atoms with van der Waals surface area (Å²) in [6, 6.07) is 15.7. The van der Waals surface area contributed by atoms with E-state index in [0.717, 1.165) is 42.8 Å². The van der Waals surface area contributed by atoms with Crippen LogP contribution >= 0.6 is 0 Å². The lowest BCUT2D eigenvalue weighted by Crippen LogP contribution is -2.05. The smallest absolute Gasteiger partial charge is 0.338 e. The van der Waals surface area contributed by atoms with Gasteiger partial charge in [-0.2, -0.15) is 15.4 Å². The second-order valence-electron chi connectivity index (χ2n) is 6.87. The molecule has 2 aromatic heterocycles. The van der Waals surface area contributed by atoms with Gasteiger partial charge in [0, 0.05) is 6.42 Å². The molecular weight excluding hydrogens is 392 g/mol. The molecule has 0 radical (unpaired) electrons. The molecule has 0 aliphatic carbocycles. The molecule has 160 valence electrons. The molecule has 0 atom stereocenters. The summed E-state index contributed by atoms with van der Waals surface area (Å²) in [4.78, 5) is 12.0. The van der Waals surface area contributed by atoms with E-state index in [2.05, 4.69) is 49.2 Å². The number of nitrogens with zero attached hydrogens (tertiary/aromatic N) is 5. The van der Waals surface area contributed by atoms with E-state index in [1.807, 2.05) is 30.3 Å². The Bertz CT molecular complexity index is 1040. The number of aryl methyl sites for hydroxylation is 1. The van der Waals surface area contributed by atoms with Crippen molar-refractivity contribution in [1.82, 2.24) is 30.2 Å². The maximum Gasteiger partial charge on any atom is 0.338 e. The van der Waals surface area contributed by atoms with Crippen LogP contribution < -0.4 is 0 Å². The highest BCUT2D eigenvalue weighted by Gasteiger charge is 2.12. The van der Waals surface area contributed by atoms with Crippen LogP contribution in [0.25, 0.3) is 11.1 Å².